The maximum absolute atomic E-state index is 12.1. The third-order valence-electron chi connectivity index (χ3n) is 3.62. The Bertz CT molecular complexity index is 696. The highest BCUT2D eigenvalue weighted by Crippen LogP contribution is 2.13. The average molecular weight is 348 g/mol. The second-order valence-electron chi connectivity index (χ2n) is 5.74. The van der Waals surface area contributed by atoms with Crippen molar-refractivity contribution in [2.24, 2.45) is 0 Å². The molecule has 0 unspecified atom stereocenters. The van der Waals surface area contributed by atoms with Crippen molar-refractivity contribution >= 4 is 17.7 Å². The Morgan fingerprint density at radius 3 is 2.83 bits per heavy atom. The Morgan fingerprint density at radius 2 is 2.12 bits per heavy atom. The van der Waals surface area contributed by atoms with Gasteiger partial charge in [0.25, 0.3) is 0 Å². The predicted molar refractivity (Wildman–Crippen MR) is 96.2 cm³/mol. The molecule has 1 heterocycles. The molecule has 130 valence electrons. The number of nitrogens with one attached hydrogen (secondary N) is 2. The van der Waals surface area contributed by atoms with Crippen molar-refractivity contribution < 1.29 is 4.79 Å². The van der Waals surface area contributed by atoms with Crippen molar-refractivity contribution in [3.8, 4) is 0 Å². The molecule has 0 saturated heterocycles. The zero-order chi connectivity index (χ0) is 17.4. The van der Waals surface area contributed by atoms with E-state index < -0.39 is 0 Å². The van der Waals surface area contributed by atoms with Gasteiger partial charge in [0.2, 0.25) is 5.91 Å². The standard InChI is InChI=1S/C17H24N4O2S/c1-3-11-21-16(23)19-20-17(21)24-12-15(22)18-13(2)9-10-14-7-5-4-6-8-14/h4-8,13H,3,9-12H2,1-2H3,(H,18,22)(H,19,23)/t13-/m1/s1. The fourth-order valence-corrected chi connectivity index (χ4v) is 3.16. The Balaban J connectivity index is 1.75. The van der Waals surface area contributed by atoms with Gasteiger partial charge in [0.1, 0.15) is 0 Å². The molecule has 1 amide bonds. The van der Waals surface area contributed by atoms with Gasteiger partial charge in [-0.3, -0.25) is 9.36 Å². The maximum Gasteiger partial charge on any atom is 0.343 e. The number of hydrogen-bond acceptors (Lipinski definition) is 4. The summed E-state index contributed by atoms with van der Waals surface area (Å²) < 4.78 is 1.57. The molecule has 0 aliphatic heterocycles. The Hall–Kier alpha value is -2.02. The third-order valence-corrected chi connectivity index (χ3v) is 4.60. The molecule has 24 heavy (non-hydrogen) atoms. The van der Waals surface area contributed by atoms with Crippen molar-refractivity contribution in [1.29, 1.82) is 0 Å². The molecule has 0 saturated carbocycles. The highest BCUT2D eigenvalue weighted by Gasteiger charge is 2.12. The number of H-pyrrole nitrogens is 1. The molecule has 1 aromatic heterocycles. The number of carbonyl (C=O) groups excluding carboxylic acids is 1. The molecule has 0 bridgehead atoms. The van der Waals surface area contributed by atoms with Crippen LogP contribution >= 0.6 is 11.8 Å². The van der Waals surface area contributed by atoms with Crippen LogP contribution in [0.4, 0.5) is 0 Å². The summed E-state index contributed by atoms with van der Waals surface area (Å²) in [7, 11) is 0. The molecule has 2 rings (SSSR count). The van der Waals surface area contributed by atoms with Gasteiger partial charge in [-0.1, -0.05) is 49.0 Å². The molecule has 2 aromatic rings. The van der Waals surface area contributed by atoms with Crippen molar-refractivity contribution in [2.75, 3.05) is 5.75 Å². The lowest BCUT2D eigenvalue weighted by atomic mass is 10.1. The van der Waals surface area contributed by atoms with E-state index in [0.29, 0.717) is 11.7 Å². The van der Waals surface area contributed by atoms with Gasteiger partial charge in [0.05, 0.1) is 5.75 Å². The van der Waals surface area contributed by atoms with Crippen LogP contribution in [0, 0.1) is 0 Å². The highest BCUT2D eigenvalue weighted by molar-refractivity contribution is 7.99. The van der Waals surface area contributed by atoms with E-state index >= 15 is 0 Å². The molecule has 1 aromatic carbocycles. The van der Waals surface area contributed by atoms with Crippen molar-refractivity contribution in [2.45, 2.75) is 50.9 Å². The molecule has 1 atom stereocenters. The summed E-state index contributed by atoms with van der Waals surface area (Å²) in [5.41, 5.74) is 1.05. The molecule has 0 spiro atoms. The van der Waals surface area contributed by atoms with Crippen molar-refractivity contribution in [3.63, 3.8) is 0 Å². The van der Waals surface area contributed by atoms with Crippen LogP contribution in [0.2, 0.25) is 0 Å². The first-order valence-corrected chi connectivity index (χ1v) is 9.20. The molecule has 7 heteroatoms. The zero-order valence-corrected chi connectivity index (χ0v) is 14.9. The number of hydrogen-bond donors (Lipinski definition) is 2. The number of nitrogens with zero attached hydrogens (tertiary/aromatic N) is 2. The van der Waals surface area contributed by atoms with E-state index in [1.54, 1.807) is 4.57 Å². The Kier molecular flexibility index (Phi) is 7.11. The first-order chi connectivity index (χ1) is 11.6. The zero-order valence-electron chi connectivity index (χ0n) is 14.1. The van der Waals surface area contributed by atoms with Crippen LogP contribution in [0.5, 0.6) is 0 Å². The smallest absolute Gasteiger partial charge is 0.343 e. The van der Waals surface area contributed by atoms with E-state index in [1.165, 1.54) is 17.3 Å². The number of aromatic nitrogens is 3. The number of aryl methyl sites for hydroxylation is 1. The molecule has 0 fully saturated rings. The summed E-state index contributed by atoms with van der Waals surface area (Å²) in [6.45, 7) is 4.61. The topological polar surface area (TPSA) is 79.8 Å². The minimum absolute atomic E-state index is 0.0425. The summed E-state index contributed by atoms with van der Waals surface area (Å²) in [5, 5.41) is 9.96. The van der Waals surface area contributed by atoms with Gasteiger partial charge in [0.15, 0.2) is 5.16 Å². The first-order valence-electron chi connectivity index (χ1n) is 8.21. The second kappa shape index (κ2) is 9.32. The van der Waals surface area contributed by atoms with Gasteiger partial charge in [-0.2, -0.15) is 0 Å². The van der Waals surface area contributed by atoms with Crippen molar-refractivity contribution in [1.82, 2.24) is 20.1 Å². The summed E-state index contributed by atoms with van der Waals surface area (Å²) in [6.07, 6.45) is 2.67. The molecule has 2 N–H and O–H groups in total. The van der Waals surface area contributed by atoms with E-state index in [-0.39, 0.29) is 23.4 Å². The predicted octanol–water partition coefficient (Wildman–Crippen LogP) is 2.21. The molecular formula is C17H24N4O2S. The van der Waals surface area contributed by atoms with Gasteiger partial charge >= 0.3 is 5.69 Å². The number of rotatable bonds is 9. The van der Waals surface area contributed by atoms with Crippen LogP contribution in [0.25, 0.3) is 0 Å². The van der Waals surface area contributed by atoms with Gasteiger partial charge in [-0.15, -0.1) is 5.10 Å². The average Bonchev–Trinajstić information content (AvgIpc) is 2.93. The summed E-state index contributed by atoms with van der Waals surface area (Å²) in [6, 6.07) is 10.3. The maximum atomic E-state index is 12.1. The van der Waals surface area contributed by atoms with E-state index in [2.05, 4.69) is 27.6 Å². The lowest BCUT2D eigenvalue weighted by Crippen LogP contribution is -2.34. The van der Waals surface area contributed by atoms with Gasteiger partial charge in [-0.25, -0.2) is 9.89 Å². The monoisotopic (exact) mass is 348 g/mol. The minimum Gasteiger partial charge on any atom is -0.353 e. The number of amides is 1. The number of aromatic amines is 1. The van der Waals surface area contributed by atoms with Gasteiger partial charge in [0, 0.05) is 12.6 Å². The first kappa shape index (κ1) is 18.3. The largest absolute Gasteiger partial charge is 0.353 e. The third kappa shape index (κ3) is 5.56. The fraction of sp³-hybridized carbons (Fsp3) is 0.471. The normalized spacial score (nSPS) is 12.1. The number of benzene rings is 1. The number of carbonyl (C=O) groups is 1. The van der Waals surface area contributed by atoms with Gasteiger partial charge < -0.3 is 5.32 Å². The van der Waals surface area contributed by atoms with Crippen LogP contribution in [0.1, 0.15) is 32.3 Å². The molecule has 0 aliphatic rings. The summed E-state index contributed by atoms with van der Waals surface area (Å²) in [5.74, 6) is 0.211. The Labute approximate surface area is 146 Å². The van der Waals surface area contributed by atoms with E-state index in [0.717, 1.165) is 19.3 Å². The van der Waals surface area contributed by atoms with E-state index in [9.17, 15) is 9.59 Å². The van der Waals surface area contributed by atoms with E-state index in [4.69, 9.17) is 0 Å². The van der Waals surface area contributed by atoms with Crippen LogP contribution in [0.15, 0.2) is 40.3 Å². The van der Waals surface area contributed by atoms with Crippen LogP contribution < -0.4 is 11.0 Å². The number of thioether (sulfide) groups is 1. The molecule has 0 radical (unpaired) electrons. The fourth-order valence-electron chi connectivity index (χ4n) is 2.38. The van der Waals surface area contributed by atoms with Crippen LogP contribution in [-0.2, 0) is 17.8 Å². The van der Waals surface area contributed by atoms with E-state index in [1.807, 2.05) is 32.0 Å². The lowest BCUT2D eigenvalue weighted by molar-refractivity contribution is -0.119. The van der Waals surface area contributed by atoms with Crippen LogP contribution in [-0.4, -0.2) is 32.5 Å². The lowest BCUT2D eigenvalue weighted by Gasteiger charge is -2.13. The quantitative estimate of drug-likeness (QED) is 0.681. The summed E-state index contributed by atoms with van der Waals surface area (Å²) >= 11 is 1.28. The Morgan fingerprint density at radius 1 is 1.38 bits per heavy atom. The highest BCUT2D eigenvalue weighted by atomic mass is 32.2. The molecular weight excluding hydrogens is 324 g/mol. The molecule has 6 nitrogen and oxygen atoms in total. The van der Waals surface area contributed by atoms with Crippen LogP contribution in [0.3, 0.4) is 0 Å². The minimum atomic E-state index is -0.226. The van der Waals surface area contributed by atoms with Crippen molar-refractivity contribution in [3.05, 3.63) is 46.4 Å². The second-order valence-corrected chi connectivity index (χ2v) is 6.69. The molecule has 0 aliphatic carbocycles. The summed E-state index contributed by atoms with van der Waals surface area (Å²) in [4.78, 5) is 23.7. The van der Waals surface area contributed by atoms with Gasteiger partial charge in [-0.05, 0) is 31.7 Å². The SMILES string of the molecule is CCCn1c(SCC(=O)N[C@H](C)CCc2ccccc2)n[nH]c1=O.